The van der Waals surface area contributed by atoms with Crippen LogP contribution in [-0.2, 0) is 0 Å². The van der Waals surface area contributed by atoms with Gasteiger partial charge in [0.1, 0.15) is 17.2 Å². The Balaban J connectivity index is 2.64. The van der Waals surface area contributed by atoms with Crippen molar-refractivity contribution in [2.45, 2.75) is 13.8 Å². The Morgan fingerprint density at radius 2 is 1.41 bits per heavy atom. The number of phenolic OH excluding ortho intramolecular Hbond substituents is 3. The molecule has 0 bridgehead atoms. The number of hydrogen-bond acceptors (Lipinski definition) is 3. The van der Waals surface area contributed by atoms with Crippen molar-refractivity contribution < 1.29 is 15.3 Å². The van der Waals surface area contributed by atoms with Gasteiger partial charge in [-0.1, -0.05) is 6.07 Å². The van der Waals surface area contributed by atoms with Gasteiger partial charge in [0.25, 0.3) is 0 Å². The number of rotatable bonds is 1. The normalized spacial score (nSPS) is 10.5. The number of aryl methyl sites for hydroxylation is 2. The van der Waals surface area contributed by atoms with Gasteiger partial charge in [0.15, 0.2) is 0 Å². The molecule has 0 spiro atoms. The van der Waals surface area contributed by atoms with Gasteiger partial charge in [-0.25, -0.2) is 0 Å². The minimum atomic E-state index is -0.00338. The van der Waals surface area contributed by atoms with Gasteiger partial charge in [0.2, 0.25) is 0 Å². The van der Waals surface area contributed by atoms with Crippen LogP contribution in [0.4, 0.5) is 0 Å². The second-order valence-corrected chi connectivity index (χ2v) is 4.16. The quantitative estimate of drug-likeness (QED) is 0.705. The predicted octanol–water partition coefficient (Wildman–Crippen LogP) is 3.09. The van der Waals surface area contributed by atoms with E-state index in [9.17, 15) is 15.3 Å². The first-order valence-electron chi connectivity index (χ1n) is 5.31. The molecule has 88 valence electrons. The zero-order valence-corrected chi connectivity index (χ0v) is 9.73. The lowest BCUT2D eigenvalue weighted by Gasteiger charge is -2.10. The third-order valence-corrected chi connectivity index (χ3v) is 2.81. The van der Waals surface area contributed by atoms with Crippen molar-refractivity contribution in [2.75, 3.05) is 0 Å². The number of phenols is 3. The Hall–Kier alpha value is -2.16. The van der Waals surface area contributed by atoms with Gasteiger partial charge < -0.3 is 15.3 Å². The maximum absolute atomic E-state index is 9.79. The highest BCUT2D eigenvalue weighted by molar-refractivity contribution is 5.75. The van der Waals surface area contributed by atoms with Gasteiger partial charge in [-0.05, 0) is 48.7 Å². The molecule has 0 radical (unpaired) electrons. The van der Waals surface area contributed by atoms with Crippen molar-refractivity contribution in [3.63, 3.8) is 0 Å². The molecule has 3 heteroatoms. The summed E-state index contributed by atoms with van der Waals surface area (Å²) in [5, 5.41) is 28.7. The molecule has 2 rings (SSSR count). The third-order valence-electron chi connectivity index (χ3n) is 2.81. The number of benzene rings is 2. The van der Waals surface area contributed by atoms with E-state index in [-0.39, 0.29) is 17.2 Å². The van der Waals surface area contributed by atoms with Gasteiger partial charge in [-0.2, -0.15) is 0 Å². The summed E-state index contributed by atoms with van der Waals surface area (Å²) < 4.78 is 0. The van der Waals surface area contributed by atoms with Crippen molar-refractivity contribution in [1.82, 2.24) is 0 Å². The Labute approximate surface area is 99.6 Å². The molecule has 0 aliphatic rings. The fourth-order valence-corrected chi connectivity index (χ4v) is 1.88. The number of hydrogen-bond donors (Lipinski definition) is 3. The predicted molar refractivity (Wildman–Crippen MR) is 66.3 cm³/mol. The van der Waals surface area contributed by atoms with Crippen LogP contribution in [0.5, 0.6) is 17.2 Å². The van der Waals surface area contributed by atoms with E-state index in [1.807, 2.05) is 19.9 Å². The van der Waals surface area contributed by atoms with E-state index in [4.69, 9.17) is 0 Å². The lowest BCUT2D eigenvalue weighted by Crippen LogP contribution is -1.86. The lowest BCUT2D eigenvalue weighted by molar-refractivity contribution is 0.452. The van der Waals surface area contributed by atoms with E-state index in [0.29, 0.717) is 5.56 Å². The highest BCUT2D eigenvalue weighted by atomic mass is 16.3. The second kappa shape index (κ2) is 4.01. The summed E-state index contributed by atoms with van der Waals surface area (Å²) in [5.74, 6) is 0.203. The molecule has 0 saturated carbocycles. The molecule has 0 fully saturated rings. The first-order valence-corrected chi connectivity index (χ1v) is 5.31. The largest absolute Gasteiger partial charge is 0.508 e. The fourth-order valence-electron chi connectivity index (χ4n) is 1.88. The first-order chi connectivity index (χ1) is 7.99. The molecule has 0 unspecified atom stereocenters. The molecule has 0 aliphatic carbocycles. The molecule has 0 heterocycles. The second-order valence-electron chi connectivity index (χ2n) is 4.16. The molecular weight excluding hydrogens is 216 g/mol. The standard InChI is InChI=1S/C14H14O3/c1-8-5-9(2)13(16)7-12(8)11-4-3-10(15)6-14(11)17/h3-7,15-17H,1-2H3. The van der Waals surface area contributed by atoms with Crippen molar-refractivity contribution in [3.05, 3.63) is 41.5 Å². The summed E-state index contributed by atoms with van der Waals surface area (Å²) >= 11 is 0. The van der Waals surface area contributed by atoms with E-state index in [0.717, 1.165) is 16.7 Å². The number of aromatic hydroxyl groups is 3. The smallest absolute Gasteiger partial charge is 0.127 e. The van der Waals surface area contributed by atoms with Crippen molar-refractivity contribution in [3.8, 4) is 28.4 Å². The first kappa shape index (κ1) is 11.3. The molecule has 0 atom stereocenters. The van der Waals surface area contributed by atoms with Crippen molar-refractivity contribution >= 4 is 0 Å². The van der Waals surface area contributed by atoms with E-state index in [1.54, 1.807) is 12.1 Å². The van der Waals surface area contributed by atoms with E-state index >= 15 is 0 Å². The van der Waals surface area contributed by atoms with E-state index in [1.165, 1.54) is 12.1 Å². The third kappa shape index (κ3) is 2.04. The Morgan fingerprint density at radius 3 is 2.06 bits per heavy atom. The molecule has 3 nitrogen and oxygen atoms in total. The van der Waals surface area contributed by atoms with Gasteiger partial charge in [-0.3, -0.25) is 0 Å². The maximum atomic E-state index is 9.79. The summed E-state index contributed by atoms with van der Waals surface area (Å²) in [6.45, 7) is 3.73. The van der Waals surface area contributed by atoms with Crippen LogP contribution in [0.25, 0.3) is 11.1 Å². The van der Waals surface area contributed by atoms with Crippen LogP contribution in [0.2, 0.25) is 0 Å². The van der Waals surface area contributed by atoms with Gasteiger partial charge in [0, 0.05) is 11.6 Å². The SMILES string of the molecule is Cc1cc(C)c(-c2ccc(O)cc2O)cc1O. The van der Waals surface area contributed by atoms with E-state index < -0.39 is 0 Å². The van der Waals surface area contributed by atoms with E-state index in [2.05, 4.69) is 0 Å². The van der Waals surface area contributed by atoms with Crippen molar-refractivity contribution in [1.29, 1.82) is 0 Å². The average Bonchev–Trinajstić information content (AvgIpc) is 2.24. The van der Waals surface area contributed by atoms with Gasteiger partial charge in [0.05, 0.1) is 0 Å². The zero-order chi connectivity index (χ0) is 12.6. The monoisotopic (exact) mass is 230 g/mol. The molecule has 0 aliphatic heterocycles. The molecule has 0 saturated heterocycles. The topological polar surface area (TPSA) is 60.7 Å². The highest BCUT2D eigenvalue weighted by Gasteiger charge is 2.10. The summed E-state index contributed by atoms with van der Waals surface area (Å²) in [6.07, 6.45) is 0. The maximum Gasteiger partial charge on any atom is 0.127 e. The summed E-state index contributed by atoms with van der Waals surface area (Å²) in [6, 6.07) is 7.90. The summed E-state index contributed by atoms with van der Waals surface area (Å²) in [4.78, 5) is 0. The van der Waals surface area contributed by atoms with Crippen LogP contribution in [0.1, 0.15) is 11.1 Å². The van der Waals surface area contributed by atoms with Crippen LogP contribution in [-0.4, -0.2) is 15.3 Å². The van der Waals surface area contributed by atoms with Crippen LogP contribution in [0, 0.1) is 13.8 Å². The van der Waals surface area contributed by atoms with Crippen LogP contribution >= 0.6 is 0 Å². The van der Waals surface area contributed by atoms with Crippen LogP contribution < -0.4 is 0 Å². The van der Waals surface area contributed by atoms with Crippen molar-refractivity contribution in [2.24, 2.45) is 0 Å². The summed E-state index contributed by atoms with van der Waals surface area (Å²) in [7, 11) is 0. The lowest BCUT2D eigenvalue weighted by atomic mass is 9.97. The van der Waals surface area contributed by atoms with Gasteiger partial charge in [-0.15, -0.1) is 0 Å². The summed E-state index contributed by atoms with van der Waals surface area (Å²) in [5.41, 5.74) is 3.10. The molecule has 3 N–H and O–H groups in total. The molecule has 0 amide bonds. The molecule has 17 heavy (non-hydrogen) atoms. The average molecular weight is 230 g/mol. The molecule has 2 aromatic rings. The Morgan fingerprint density at radius 1 is 0.706 bits per heavy atom. The Bertz CT molecular complexity index is 574. The highest BCUT2D eigenvalue weighted by Crippen LogP contribution is 2.36. The minimum absolute atomic E-state index is 0.00338. The van der Waals surface area contributed by atoms with Gasteiger partial charge >= 0.3 is 0 Å². The minimum Gasteiger partial charge on any atom is -0.508 e. The van der Waals surface area contributed by atoms with Crippen LogP contribution in [0.3, 0.4) is 0 Å². The zero-order valence-electron chi connectivity index (χ0n) is 9.73. The molecule has 2 aromatic carbocycles. The Kier molecular flexibility index (Phi) is 2.68. The fraction of sp³-hybridized carbons (Fsp3) is 0.143. The molecule has 0 aromatic heterocycles. The van der Waals surface area contributed by atoms with Crippen LogP contribution in [0.15, 0.2) is 30.3 Å². The molecular formula is C14H14O3.